The molecule has 18 heavy (non-hydrogen) atoms. The van der Waals surface area contributed by atoms with E-state index in [4.69, 9.17) is 16.3 Å². The van der Waals surface area contributed by atoms with Crippen molar-refractivity contribution in [1.29, 1.82) is 0 Å². The Morgan fingerprint density at radius 1 is 1.56 bits per heavy atom. The monoisotopic (exact) mass is 331 g/mol. The van der Waals surface area contributed by atoms with E-state index in [9.17, 15) is 4.79 Å². The highest BCUT2D eigenvalue weighted by Crippen LogP contribution is 2.27. The number of rotatable bonds is 4. The van der Waals surface area contributed by atoms with Gasteiger partial charge in [-0.15, -0.1) is 0 Å². The van der Waals surface area contributed by atoms with Crippen molar-refractivity contribution in [2.45, 2.75) is 31.9 Å². The molecular formula is C13H15BrClNO2. The number of halogens is 2. The first-order valence-corrected chi connectivity index (χ1v) is 7.15. The second kappa shape index (κ2) is 6.04. The van der Waals surface area contributed by atoms with Crippen LogP contribution < -0.4 is 5.32 Å². The van der Waals surface area contributed by atoms with Crippen molar-refractivity contribution >= 4 is 33.4 Å². The molecule has 3 nitrogen and oxygen atoms in total. The maximum Gasteiger partial charge on any atom is 0.253 e. The SMILES string of the molecule is CCOC1CC(NC(=O)c2cccc(Br)c2Cl)C1. The summed E-state index contributed by atoms with van der Waals surface area (Å²) >= 11 is 9.39. The summed E-state index contributed by atoms with van der Waals surface area (Å²) in [4.78, 5) is 12.0. The third kappa shape index (κ3) is 3.05. The summed E-state index contributed by atoms with van der Waals surface area (Å²) in [6.45, 7) is 2.70. The van der Waals surface area contributed by atoms with Crippen LogP contribution in [-0.4, -0.2) is 24.7 Å². The molecule has 0 heterocycles. The fourth-order valence-electron chi connectivity index (χ4n) is 2.00. The molecule has 1 amide bonds. The first-order valence-electron chi connectivity index (χ1n) is 5.98. The van der Waals surface area contributed by atoms with Gasteiger partial charge < -0.3 is 10.1 Å². The first-order chi connectivity index (χ1) is 8.61. The van der Waals surface area contributed by atoms with Crippen LogP contribution in [0.1, 0.15) is 30.1 Å². The number of ether oxygens (including phenoxy) is 1. The van der Waals surface area contributed by atoms with Gasteiger partial charge in [-0.05, 0) is 47.8 Å². The minimum absolute atomic E-state index is 0.124. The smallest absolute Gasteiger partial charge is 0.253 e. The average Bonchev–Trinajstić information content (AvgIpc) is 2.30. The third-order valence-electron chi connectivity index (χ3n) is 3.03. The van der Waals surface area contributed by atoms with Crippen LogP contribution in [0.2, 0.25) is 5.02 Å². The predicted octanol–water partition coefficient (Wildman–Crippen LogP) is 3.40. The van der Waals surface area contributed by atoms with Crippen molar-refractivity contribution in [3.05, 3.63) is 33.3 Å². The van der Waals surface area contributed by atoms with Crippen LogP contribution in [0.4, 0.5) is 0 Å². The summed E-state index contributed by atoms with van der Waals surface area (Å²) in [6, 6.07) is 5.53. The van der Waals surface area contributed by atoms with Gasteiger partial charge in [0.1, 0.15) is 0 Å². The van der Waals surface area contributed by atoms with E-state index in [2.05, 4.69) is 21.2 Å². The van der Waals surface area contributed by atoms with Crippen LogP contribution in [0.5, 0.6) is 0 Å². The lowest BCUT2D eigenvalue weighted by atomic mass is 9.89. The van der Waals surface area contributed by atoms with Crippen LogP contribution in [0.25, 0.3) is 0 Å². The zero-order valence-electron chi connectivity index (χ0n) is 10.1. The van der Waals surface area contributed by atoms with Crippen molar-refractivity contribution in [2.24, 2.45) is 0 Å². The molecule has 1 saturated carbocycles. The van der Waals surface area contributed by atoms with Crippen LogP contribution in [0.3, 0.4) is 0 Å². The van der Waals surface area contributed by atoms with Gasteiger partial charge in [0.15, 0.2) is 0 Å². The van der Waals surface area contributed by atoms with E-state index < -0.39 is 0 Å². The molecule has 5 heteroatoms. The average molecular weight is 333 g/mol. The summed E-state index contributed by atoms with van der Waals surface area (Å²) in [5.41, 5.74) is 0.505. The van der Waals surface area contributed by atoms with Gasteiger partial charge in [0, 0.05) is 17.1 Å². The number of benzene rings is 1. The lowest BCUT2D eigenvalue weighted by Crippen LogP contribution is -2.47. The highest BCUT2D eigenvalue weighted by molar-refractivity contribution is 9.10. The molecular weight excluding hydrogens is 318 g/mol. The first kappa shape index (κ1) is 13.8. The Kier molecular flexibility index (Phi) is 4.65. The molecule has 0 atom stereocenters. The Morgan fingerprint density at radius 2 is 2.28 bits per heavy atom. The molecule has 0 saturated heterocycles. The molecule has 0 spiro atoms. The van der Waals surface area contributed by atoms with Crippen molar-refractivity contribution in [1.82, 2.24) is 5.32 Å². The van der Waals surface area contributed by atoms with Gasteiger partial charge in [-0.1, -0.05) is 17.7 Å². The molecule has 0 unspecified atom stereocenters. The summed E-state index contributed by atoms with van der Waals surface area (Å²) in [6.07, 6.45) is 2.05. The quantitative estimate of drug-likeness (QED) is 0.917. The lowest BCUT2D eigenvalue weighted by molar-refractivity contribution is -0.00862. The highest BCUT2D eigenvalue weighted by Gasteiger charge is 2.31. The fraction of sp³-hybridized carbons (Fsp3) is 0.462. The number of carbonyl (C=O) groups excluding carboxylic acids is 1. The third-order valence-corrected chi connectivity index (χ3v) is 4.32. The minimum atomic E-state index is -0.124. The molecule has 0 bridgehead atoms. The van der Waals surface area contributed by atoms with E-state index in [0.29, 0.717) is 16.7 Å². The fourth-order valence-corrected chi connectivity index (χ4v) is 2.58. The highest BCUT2D eigenvalue weighted by atomic mass is 79.9. The van der Waals surface area contributed by atoms with E-state index in [0.717, 1.165) is 23.9 Å². The van der Waals surface area contributed by atoms with Gasteiger partial charge in [-0.3, -0.25) is 4.79 Å². The topological polar surface area (TPSA) is 38.3 Å². The molecule has 1 aromatic carbocycles. The van der Waals surface area contributed by atoms with Crippen LogP contribution in [-0.2, 0) is 4.74 Å². The van der Waals surface area contributed by atoms with Gasteiger partial charge in [0.2, 0.25) is 0 Å². The Hall–Kier alpha value is -0.580. The summed E-state index contributed by atoms with van der Waals surface area (Å²) in [5, 5.41) is 3.42. The van der Waals surface area contributed by atoms with E-state index in [1.54, 1.807) is 12.1 Å². The molecule has 1 aromatic rings. The van der Waals surface area contributed by atoms with Gasteiger partial charge in [0.25, 0.3) is 5.91 Å². The summed E-state index contributed by atoms with van der Waals surface area (Å²) < 4.78 is 6.19. The Balaban J connectivity index is 1.91. The lowest BCUT2D eigenvalue weighted by Gasteiger charge is -2.35. The van der Waals surface area contributed by atoms with E-state index in [1.165, 1.54) is 0 Å². The van der Waals surface area contributed by atoms with Gasteiger partial charge >= 0.3 is 0 Å². The Labute approximate surface area is 120 Å². The summed E-state index contributed by atoms with van der Waals surface area (Å²) in [5.74, 6) is -0.124. The van der Waals surface area contributed by atoms with E-state index in [1.807, 2.05) is 13.0 Å². The normalized spacial score (nSPS) is 22.4. The Morgan fingerprint density at radius 3 is 2.94 bits per heavy atom. The molecule has 1 fully saturated rings. The number of amides is 1. The van der Waals surface area contributed by atoms with Gasteiger partial charge in [-0.2, -0.15) is 0 Å². The van der Waals surface area contributed by atoms with Gasteiger partial charge in [0.05, 0.1) is 16.7 Å². The van der Waals surface area contributed by atoms with Crippen molar-refractivity contribution in [3.63, 3.8) is 0 Å². The zero-order chi connectivity index (χ0) is 13.1. The standard InChI is InChI=1S/C13H15BrClNO2/c1-2-18-9-6-8(7-9)16-13(17)10-4-3-5-11(14)12(10)15/h3-5,8-9H,2,6-7H2,1H3,(H,16,17). The van der Waals surface area contributed by atoms with E-state index in [-0.39, 0.29) is 11.9 Å². The number of carbonyl (C=O) groups is 1. The van der Waals surface area contributed by atoms with Crippen LogP contribution >= 0.6 is 27.5 Å². The zero-order valence-corrected chi connectivity index (χ0v) is 12.4. The molecule has 98 valence electrons. The molecule has 1 N–H and O–H groups in total. The maximum atomic E-state index is 12.0. The largest absolute Gasteiger partial charge is 0.378 e. The number of hydrogen-bond donors (Lipinski definition) is 1. The molecule has 0 aromatic heterocycles. The second-order valence-electron chi connectivity index (χ2n) is 4.32. The van der Waals surface area contributed by atoms with Crippen molar-refractivity contribution < 1.29 is 9.53 Å². The molecule has 1 aliphatic carbocycles. The maximum absolute atomic E-state index is 12.0. The van der Waals surface area contributed by atoms with Crippen LogP contribution in [0.15, 0.2) is 22.7 Å². The van der Waals surface area contributed by atoms with Crippen LogP contribution in [0, 0.1) is 0 Å². The summed E-state index contributed by atoms with van der Waals surface area (Å²) in [7, 11) is 0. The van der Waals surface area contributed by atoms with Crippen molar-refractivity contribution in [2.75, 3.05) is 6.61 Å². The molecule has 2 rings (SSSR count). The van der Waals surface area contributed by atoms with E-state index >= 15 is 0 Å². The number of nitrogens with one attached hydrogen (secondary N) is 1. The minimum Gasteiger partial charge on any atom is -0.378 e. The second-order valence-corrected chi connectivity index (χ2v) is 5.55. The van der Waals surface area contributed by atoms with Gasteiger partial charge in [-0.25, -0.2) is 0 Å². The molecule has 0 radical (unpaired) electrons. The molecule has 1 aliphatic rings. The predicted molar refractivity (Wildman–Crippen MR) is 75.1 cm³/mol. The molecule has 0 aliphatic heterocycles. The van der Waals surface area contributed by atoms with Crippen molar-refractivity contribution in [3.8, 4) is 0 Å². The number of hydrogen-bond acceptors (Lipinski definition) is 2. The Bertz CT molecular complexity index is 447.